The number of imide groups is 2. The summed E-state index contributed by atoms with van der Waals surface area (Å²) in [5, 5.41) is 2.48. The van der Waals surface area contributed by atoms with Crippen LogP contribution in [-0.2, 0) is 19.1 Å². The number of urea groups is 1. The largest absolute Gasteiger partial charge is 0.459 e. The summed E-state index contributed by atoms with van der Waals surface area (Å²) in [6.07, 6.45) is -0.247. The molecule has 9 heteroatoms. The first kappa shape index (κ1) is 18.1. The highest BCUT2D eigenvalue weighted by Gasteiger charge is 2.42. The van der Waals surface area contributed by atoms with Gasteiger partial charge in [-0.3, -0.25) is 19.3 Å². The van der Waals surface area contributed by atoms with Crippen LogP contribution >= 0.6 is 0 Å². The maximum absolute atomic E-state index is 12.0. The number of anilines is 1. The quantitative estimate of drug-likeness (QED) is 0.474. The topological polar surface area (TPSA) is 113 Å². The number of rotatable bonds is 5. The molecule has 1 fully saturated rings. The number of nitrogens with one attached hydrogen (secondary N) is 1. The highest BCUT2D eigenvalue weighted by atomic mass is 16.5. The number of amides is 5. The summed E-state index contributed by atoms with van der Waals surface area (Å²) >= 11 is 0. The van der Waals surface area contributed by atoms with Gasteiger partial charge in [-0.1, -0.05) is 0 Å². The molecule has 0 atom stereocenters. The summed E-state index contributed by atoms with van der Waals surface area (Å²) in [6, 6.07) is 5.07. The molecular weight excluding hydrogens is 330 g/mol. The molecule has 0 spiro atoms. The maximum atomic E-state index is 12.0. The smallest absolute Gasteiger partial charge is 0.338 e. The van der Waals surface area contributed by atoms with Crippen LogP contribution in [0.25, 0.3) is 0 Å². The monoisotopic (exact) mass is 347 g/mol. The Bertz CT molecular complexity index is 741. The number of carbonyl (C=O) groups excluding carboxylic acids is 5. The lowest BCUT2D eigenvalue weighted by atomic mass is 10.2. The van der Waals surface area contributed by atoms with E-state index in [1.54, 1.807) is 13.8 Å². The molecule has 9 nitrogen and oxygen atoms in total. The van der Waals surface area contributed by atoms with E-state index in [0.29, 0.717) is 21.1 Å². The van der Waals surface area contributed by atoms with Gasteiger partial charge in [0.15, 0.2) is 0 Å². The number of hydrogen-bond donors (Lipinski definition) is 1. The van der Waals surface area contributed by atoms with Crippen molar-refractivity contribution in [2.75, 3.05) is 18.9 Å². The summed E-state index contributed by atoms with van der Waals surface area (Å²) in [5.41, 5.74) is 0.689. The van der Waals surface area contributed by atoms with Gasteiger partial charge in [-0.25, -0.2) is 14.5 Å². The van der Waals surface area contributed by atoms with E-state index in [2.05, 4.69) is 5.32 Å². The Morgan fingerprint density at radius 3 is 2.16 bits per heavy atom. The Kier molecular flexibility index (Phi) is 5.16. The molecule has 1 aromatic carbocycles. The first-order valence-electron chi connectivity index (χ1n) is 7.45. The van der Waals surface area contributed by atoms with E-state index < -0.39 is 36.3 Å². The van der Waals surface area contributed by atoms with Gasteiger partial charge in [0.05, 0.1) is 11.7 Å². The van der Waals surface area contributed by atoms with Crippen LogP contribution in [0.4, 0.5) is 10.5 Å². The average molecular weight is 347 g/mol. The number of hydrogen-bond acceptors (Lipinski definition) is 6. The standard InChI is InChI=1S/C16H17N3O6/c1-9(2)25-15(23)10-4-6-11(7-5-10)17-12(20)8-19-14(22)13(21)18(3)16(19)24/h4-7,9H,8H2,1-3H3,(H,17,20). The van der Waals surface area contributed by atoms with E-state index in [9.17, 15) is 24.0 Å². The van der Waals surface area contributed by atoms with Crippen molar-refractivity contribution in [3.63, 3.8) is 0 Å². The van der Waals surface area contributed by atoms with Crippen molar-refractivity contribution >= 4 is 35.4 Å². The molecule has 25 heavy (non-hydrogen) atoms. The van der Waals surface area contributed by atoms with Crippen LogP contribution in [-0.4, -0.2) is 59.2 Å². The van der Waals surface area contributed by atoms with Crippen molar-refractivity contribution in [1.82, 2.24) is 9.80 Å². The van der Waals surface area contributed by atoms with E-state index in [0.717, 1.165) is 7.05 Å². The molecular formula is C16H17N3O6. The lowest BCUT2D eigenvalue weighted by Gasteiger charge is -2.13. The predicted octanol–water partition coefficient (Wildman–Crippen LogP) is 0.611. The predicted molar refractivity (Wildman–Crippen MR) is 85.5 cm³/mol. The molecule has 1 aliphatic heterocycles. The van der Waals surface area contributed by atoms with Gasteiger partial charge >= 0.3 is 23.8 Å². The van der Waals surface area contributed by atoms with Crippen LogP contribution < -0.4 is 5.32 Å². The van der Waals surface area contributed by atoms with Crippen molar-refractivity contribution in [1.29, 1.82) is 0 Å². The Labute approximate surface area is 143 Å². The first-order chi connectivity index (χ1) is 11.7. The highest BCUT2D eigenvalue weighted by Crippen LogP contribution is 2.13. The van der Waals surface area contributed by atoms with Gasteiger partial charge in [0.2, 0.25) is 5.91 Å². The molecule has 5 amide bonds. The maximum Gasteiger partial charge on any atom is 0.338 e. The van der Waals surface area contributed by atoms with E-state index in [1.807, 2.05) is 0 Å². The number of carbonyl (C=O) groups is 5. The Morgan fingerprint density at radius 2 is 1.68 bits per heavy atom. The molecule has 1 saturated heterocycles. The molecule has 0 unspecified atom stereocenters. The normalized spacial score (nSPS) is 14.3. The molecule has 0 aromatic heterocycles. The zero-order valence-electron chi connectivity index (χ0n) is 13.9. The number of esters is 1. The van der Waals surface area contributed by atoms with Crippen LogP contribution in [0.5, 0.6) is 0 Å². The molecule has 2 rings (SSSR count). The Balaban J connectivity index is 1.97. The van der Waals surface area contributed by atoms with E-state index in [1.165, 1.54) is 24.3 Å². The minimum atomic E-state index is -1.05. The number of nitrogens with zero attached hydrogens (tertiary/aromatic N) is 2. The second-order valence-electron chi connectivity index (χ2n) is 5.62. The van der Waals surface area contributed by atoms with Gasteiger partial charge < -0.3 is 10.1 Å². The van der Waals surface area contributed by atoms with Gasteiger partial charge in [-0.05, 0) is 38.1 Å². The van der Waals surface area contributed by atoms with Gasteiger partial charge in [0.25, 0.3) is 0 Å². The molecule has 0 radical (unpaired) electrons. The van der Waals surface area contributed by atoms with Crippen LogP contribution in [0.3, 0.4) is 0 Å². The lowest BCUT2D eigenvalue weighted by molar-refractivity contribution is -0.143. The molecule has 1 aliphatic rings. The zero-order chi connectivity index (χ0) is 18.7. The summed E-state index contributed by atoms with van der Waals surface area (Å²) in [6.45, 7) is 2.89. The Hall–Kier alpha value is -3.23. The SMILES string of the molecule is CC(C)OC(=O)c1ccc(NC(=O)CN2C(=O)C(=O)N(C)C2=O)cc1. The number of ether oxygens (including phenoxy) is 1. The van der Waals surface area contributed by atoms with Gasteiger partial charge in [-0.15, -0.1) is 0 Å². The van der Waals surface area contributed by atoms with E-state index >= 15 is 0 Å². The van der Waals surface area contributed by atoms with Gasteiger partial charge in [0, 0.05) is 12.7 Å². The third kappa shape index (κ3) is 4.00. The van der Waals surface area contributed by atoms with Crippen molar-refractivity contribution in [3.05, 3.63) is 29.8 Å². The van der Waals surface area contributed by atoms with Gasteiger partial charge in [-0.2, -0.15) is 0 Å². The number of likely N-dealkylation sites (N-methyl/N-ethyl adjacent to an activating group) is 1. The summed E-state index contributed by atoms with van der Waals surface area (Å²) in [5.74, 6) is -3.16. The van der Waals surface area contributed by atoms with Crippen LogP contribution in [0, 0.1) is 0 Å². The molecule has 1 aromatic rings. The van der Waals surface area contributed by atoms with E-state index in [4.69, 9.17) is 4.74 Å². The second-order valence-corrected chi connectivity index (χ2v) is 5.62. The minimum Gasteiger partial charge on any atom is -0.459 e. The molecule has 0 bridgehead atoms. The van der Waals surface area contributed by atoms with Crippen molar-refractivity contribution in [3.8, 4) is 0 Å². The molecule has 1 N–H and O–H groups in total. The summed E-state index contributed by atoms with van der Waals surface area (Å²) in [7, 11) is 1.16. The summed E-state index contributed by atoms with van der Waals surface area (Å²) < 4.78 is 5.05. The minimum absolute atomic E-state index is 0.247. The fourth-order valence-electron chi connectivity index (χ4n) is 2.07. The average Bonchev–Trinajstić information content (AvgIpc) is 2.73. The Morgan fingerprint density at radius 1 is 1.08 bits per heavy atom. The molecule has 0 aliphatic carbocycles. The second kappa shape index (κ2) is 7.12. The molecule has 1 heterocycles. The van der Waals surface area contributed by atoms with Gasteiger partial charge in [0.1, 0.15) is 6.54 Å². The summed E-state index contributed by atoms with van der Waals surface area (Å²) in [4.78, 5) is 59.6. The van der Waals surface area contributed by atoms with Crippen LogP contribution in [0.1, 0.15) is 24.2 Å². The fourth-order valence-corrected chi connectivity index (χ4v) is 2.07. The van der Waals surface area contributed by atoms with Crippen molar-refractivity contribution < 1.29 is 28.7 Å². The highest BCUT2D eigenvalue weighted by molar-refractivity contribution is 6.44. The van der Waals surface area contributed by atoms with E-state index in [-0.39, 0.29) is 6.10 Å². The first-order valence-corrected chi connectivity index (χ1v) is 7.45. The van der Waals surface area contributed by atoms with Crippen molar-refractivity contribution in [2.45, 2.75) is 20.0 Å². The molecule has 132 valence electrons. The number of benzene rings is 1. The zero-order valence-corrected chi connectivity index (χ0v) is 13.9. The fraction of sp³-hybridized carbons (Fsp3) is 0.312. The van der Waals surface area contributed by atoms with Crippen molar-refractivity contribution in [2.24, 2.45) is 0 Å². The van der Waals surface area contributed by atoms with Crippen LogP contribution in [0.2, 0.25) is 0 Å². The lowest BCUT2D eigenvalue weighted by Crippen LogP contribution is -2.38. The van der Waals surface area contributed by atoms with Crippen LogP contribution in [0.15, 0.2) is 24.3 Å². The third-order valence-corrected chi connectivity index (χ3v) is 3.30. The molecule has 0 saturated carbocycles. The third-order valence-electron chi connectivity index (χ3n) is 3.30.